The molecule has 1 aromatic rings. The number of nitrogens with zero attached hydrogens (tertiary/aromatic N) is 1. The summed E-state index contributed by atoms with van der Waals surface area (Å²) in [5.41, 5.74) is 0. The number of carbonyl (C=O) groups excluding carboxylic acids is 2. The van der Waals surface area contributed by atoms with Gasteiger partial charge in [0.2, 0.25) is 6.10 Å². The van der Waals surface area contributed by atoms with E-state index in [4.69, 9.17) is 4.74 Å². The minimum Gasteiger partial charge on any atom is -0.476 e. The normalized spacial score (nSPS) is 19.9. The fourth-order valence-electron chi connectivity index (χ4n) is 2.19. The summed E-state index contributed by atoms with van der Waals surface area (Å²) in [7, 11) is 1.31. The van der Waals surface area contributed by atoms with Gasteiger partial charge in [0.25, 0.3) is 5.91 Å². The smallest absolute Gasteiger partial charge is 0.325 e. The fourth-order valence-corrected chi connectivity index (χ4v) is 4.33. The highest BCUT2D eigenvalue weighted by Gasteiger charge is 2.62. The lowest BCUT2D eigenvalue weighted by atomic mass is 10.1. The molecule has 1 aromatic carbocycles. The number of carbonyl (C=O) groups is 2. The van der Waals surface area contributed by atoms with Gasteiger partial charge in [0.05, 0.1) is 7.11 Å². The average molecular weight is 327 g/mol. The third-order valence-electron chi connectivity index (χ3n) is 3.29. The van der Waals surface area contributed by atoms with Crippen LogP contribution in [0.1, 0.15) is 0 Å². The summed E-state index contributed by atoms with van der Waals surface area (Å²) in [6.45, 7) is -0.0638. The van der Waals surface area contributed by atoms with Crippen molar-refractivity contribution in [2.75, 3.05) is 26.2 Å². The molecule has 0 N–H and O–H groups in total. The summed E-state index contributed by atoms with van der Waals surface area (Å²) in [5, 5.41) is 0. The molecule has 0 bridgehead atoms. The number of amides is 1. The predicted molar refractivity (Wildman–Crippen MR) is 84.3 cm³/mol. The molecular formula is C14H17NO4S2. The zero-order valence-corrected chi connectivity index (χ0v) is 13.7. The van der Waals surface area contributed by atoms with Gasteiger partial charge in [-0.05, 0) is 24.6 Å². The zero-order valence-electron chi connectivity index (χ0n) is 12.1. The van der Waals surface area contributed by atoms with Crippen molar-refractivity contribution in [3.63, 3.8) is 0 Å². The van der Waals surface area contributed by atoms with Gasteiger partial charge in [-0.3, -0.25) is 9.59 Å². The molecular weight excluding hydrogens is 310 g/mol. The first-order valence-corrected chi connectivity index (χ1v) is 8.74. The third kappa shape index (κ3) is 2.85. The summed E-state index contributed by atoms with van der Waals surface area (Å²) < 4.78 is 9.86. The number of hydrogen-bond donors (Lipinski definition) is 0. The molecule has 2 rings (SSSR count). The molecule has 1 fully saturated rings. The molecule has 0 spiro atoms. The van der Waals surface area contributed by atoms with E-state index >= 15 is 0 Å². The van der Waals surface area contributed by atoms with Crippen molar-refractivity contribution in [1.29, 1.82) is 0 Å². The van der Waals surface area contributed by atoms with Crippen LogP contribution in [0, 0.1) is 0 Å². The predicted octanol–water partition coefficient (Wildman–Crippen LogP) is 1.83. The van der Waals surface area contributed by atoms with Gasteiger partial charge in [-0.25, -0.2) is 0 Å². The molecule has 5 nitrogen and oxygen atoms in total. The molecule has 1 saturated heterocycles. The molecule has 7 heteroatoms. The van der Waals surface area contributed by atoms with Crippen molar-refractivity contribution in [2.45, 2.75) is 10.3 Å². The minimum atomic E-state index is -0.616. The summed E-state index contributed by atoms with van der Waals surface area (Å²) in [4.78, 5) is 25.3. The lowest BCUT2D eigenvalue weighted by molar-refractivity contribution is -0.165. The summed E-state index contributed by atoms with van der Waals surface area (Å²) in [6.07, 6.45) is 3.18. The number of esters is 1. The van der Waals surface area contributed by atoms with Gasteiger partial charge >= 0.3 is 5.97 Å². The number of methoxy groups -OCH3 is 1. The number of hydrogen-bond acceptors (Lipinski definition) is 6. The molecule has 0 radical (unpaired) electrons. The van der Waals surface area contributed by atoms with Crippen LogP contribution in [0.4, 0.5) is 0 Å². The van der Waals surface area contributed by atoms with Crippen LogP contribution < -0.4 is 4.74 Å². The van der Waals surface area contributed by atoms with Crippen molar-refractivity contribution >= 4 is 35.4 Å². The van der Waals surface area contributed by atoms with E-state index < -0.39 is 16.3 Å². The number of benzene rings is 1. The number of likely N-dealkylation sites (tertiary alicyclic amines) is 1. The van der Waals surface area contributed by atoms with Crippen LogP contribution in [-0.4, -0.2) is 53.2 Å². The quantitative estimate of drug-likeness (QED) is 0.451. The maximum absolute atomic E-state index is 12.3. The van der Waals surface area contributed by atoms with Gasteiger partial charge < -0.3 is 14.4 Å². The Morgan fingerprint density at radius 1 is 1.29 bits per heavy atom. The molecule has 1 aliphatic heterocycles. The molecule has 114 valence electrons. The van der Waals surface area contributed by atoms with Crippen LogP contribution in [0.15, 0.2) is 30.3 Å². The maximum Gasteiger partial charge on any atom is 0.325 e. The van der Waals surface area contributed by atoms with Gasteiger partial charge in [-0.1, -0.05) is 18.2 Å². The largest absolute Gasteiger partial charge is 0.476 e. The summed E-state index contributed by atoms with van der Waals surface area (Å²) in [5.74, 6) is 0.00276. The van der Waals surface area contributed by atoms with Crippen molar-refractivity contribution in [2.24, 2.45) is 0 Å². The zero-order chi connectivity index (χ0) is 15.5. The molecule has 0 aromatic heterocycles. The molecule has 0 aliphatic carbocycles. The lowest BCUT2D eigenvalue weighted by Gasteiger charge is -2.53. The third-order valence-corrected chi connectivity index (χ3v) is 6.33. The van der Waals surface area contributed by atoms with E-state index in [2.05, 4.69) is 4.74 Å². The van der Waals surface area contributed by atoms with E-state index in [0.717, 1.165) is 0 Å². The Balaban J connectivity index is 2.18. The molecule has 0 saturated carbocycles. The average Bonchev–Trinajstić information content (AvgIpc) is 2.54. The molecule has 21 heavy (non-hydrogen) atoms. The van der Waals surface area contributed by atoms with Gasteiger partial charge in [0.15, 0.2) is 4.20 Å². The van der Waals surface area contributed by atoms with E-state index in [-0.39, 0.29) is 12.5 Å². The van der Waals surface area contributed by atoms with E-state index in [1.807, 2.05) is 42.8 Å². The highest BCUT2D eigenvalue weighted by Crippen LogP contribution is 2.49. The van der Waals surface area contributed by atoms with Gasteiger partial charge in [-0.2, -0.15) is 0 Å². The second-order valence-electron chi connectivity index (χ2n) is 4.35. The van der Waals surface area contributed by atoms with Crippen molar-refractivity contribution in [3.8, 4) is 5.75 Å². The van der Waals surface area contributed by atoms with Crippen molar-refractivity contribution in [1.82, 2.24) is 4.90 Å². The number of thioether (sulfide) groups is 2. The van der Waals surface area contributed by atoms with Crippen LogP contribution >= 0.6 is 23.5 Å². The molecule has 1 heterocycles. The number of β-lactam (4-membered cyclic amide) rings is 1. The minimum absolute atomic E-state index is 0.0638. The standard InChI is InChI=1S/C14H17NO4S2/c1-18-11(16)9-15-13(17)12(14(15,20-2)21-3)19-10-7-5-4-6-8-10/h4-8,12H,9H2,1-3H3. The van der Waals surface area contributed by atoms with Gasteiger partial charge in [-0.15, -0.1) is 23.5 Å². The van der Waals surface area contributed by atoms with Crippen molar-refractivity contribution < 1.29 is 19.1 Å². The molecule has 1 atom stereocenters. The molecule has 1 aliphatic rings. The topological polar surface area (TPSA) is 55.8 Å². The van der Waals surface area contributed by atoms with Gasteiger partial charge in [0, 0.05) is 0 Å². The van der Waals surface area contributed by atoms with E-state index in [1.54, 1.807) is 0 Å². The second-order valence-corrected chi connectivity index (χ2v) is 6.67. The van der Waals surface area contributed by atoms with E-state index in [1.165, 1.54) is 35.5 Å². The van der Waals surface area contributed by atoms with Crippen molar-refractivity contribution in [3.05, 3.63) is 30.3 Å². The second kappa shape index (κ2) is 6.62. The first-order chi connectivity index (χ1) is 10.1. The van der Waals surface area contributed by atoms with Crippen LogP contribution in [0.2, 0.25) is 0 Å². The molecule has 1 amide bonds. The Morgan fingerprint density at radius 2 is 1.90 bits per heavy atom. The summed E-state index contributed by atoms with van der Waals surface area (Å²) >= 11 is 2.97. The number of rotatable bonds is 6. The van der Waals surface area contributed by atoms with E-state index in [9.17, 15) is 9.59 Å². The number of ether oxygens (including phenoxy) is 2. The monoisotopic (exact) mass is 327 g/mol. The SMILES string of the molecule is COC(=O)CN1C(=O)C(Oc2ccccc2)C1(SC)SC. The Labute approximate surface area is 132 Å². The first kappa shape index (κ1) is 16.0. The fraction of sp³-hybridized carbons (Fsp3) is 0.429. The van der Waals surface area contributed by atoms with Crippen LogP contribution in [-0.2, 0) is 14.3 Å². The lowest BCUT2D eigenvalue weighted by Crippen LogP contribution is -2.73. The Kier molecular flexibility index (Phi) is 5.05. The highest BCUT2D eigenvalue weighted by atomic mass is 32.2. The Hall–Kier alpha value is -1.34. The number of para-hydroxylation sites is 1. The first-order valence-electron chi connectivity index (χ1n) is 6.29. The highest BCUT2D eigenvalue weighted by molar-refractivity contribution is 8.17. The Morgan fingerprint density at radius 3 is 2.43 bits per heavy atom. The maximum atomic E-state index is 12.3. The van der Waals surface area contributed by atoms with Crippen LogP contribution in [0.3, 0.4) is 0 Å². The Bertz CT molecular complexity index is 519. The van der Waals surface area contributed by atoms with Crippen LogP contribution in [0.5, 0.6) is 5.75 Å². The summed E-state index contributed by atoms with van der Waals surface area (Å²) in [6, 6.07) is 9.20. The van der Waals surface area contributed by atoms with Gasteiger partial charge in [0.1, 0.15) is 12.3 Å². The van der Waals surface area contributed by atoms with E-state index in [0.29, 0.717) is 5.75 Å². The molecule has 1 unspecified atom stereocenters. The van der Waals surface area contributed by atoms with Crippen LogP contribution in [0.25, 0.3) is 0 Å².